The zero-order valence-electron chi connectivity index (χ0n) is 43.4. The van der Waals surface area contributed by atoms with E-state index in [1.54, 1.807) is 23.5 Å². The first-order chi connectivity index (χ1) is 34.4. The molecule has 12 atom stereocenters. The number of thioether (sulfide) groups is 2. The lowest BCUT2D eigenvalue weighted by Crippen LogP contribution is -2.58. The molecule has 4 fully saturated rings. The number of thiocarbonyl (C=S) groups is 2. The molecule has 4 heterocycles. The van der Waals surface area contributed by atoms with Gasteiger partial charge in [-0.3, -0.25) is 19.2 Å². The summed E-state index contributed by atoms with van der Waals surface area (Å²) in [4.78, 5) is 62.8. The number of amides is 4. The fourth-order valence-corrected chi connectivity index (χ4v) is 15.5. The Balaban J connectivity index is 0.836. The van der Waals surface area contributed by atoms with Crippen molar-refractivity contribution in [3.63, 3.8) is 0 Å². The summed E-state index contributed by atoms with van der Waals surface area (Å²) in [7, 11) is 3.69. The van der Waals surface area contributed by atoms with Crippen molar-refractivity contribution in [2.24, 2.45) is 10.8 Å². The van der Waals surface area contributed by atoms with E-state index < -0.39 is 35.0 Å². The molecule has 14 nitrogen and oxygen atoms in total. The Morgan fingerprint density at radius 2 is 1.03 bits per heavy atom. The summed E-state index contributed by atoms with van der Waals surface area (Å²) >= 11 is 14.8. The van der Waals surface area contributed by atoms with Crippen LogP contribution in [0.5, 0.6) is 0 Å². The van der Waals surface area contributed by atoms with E-state index in [0.717, 1.165) is 61.2 Å². The molecule has 4 aliphatic heterocycles. The number of unbranched alkanes of at least 4 members (excludes halogenated alkanes) is 3. The van der Waals surface area contributed by atoms with E-state index in [9.17, 15) is 19.2 Å². The molecule has 0 radical (unpaired) electrons. The van der Waals surface area contributed by atoms with Crippen LogP contribution < -0.4 is 31.9 Å². The first-order valence-electron chi connectivity index (χ1n) is 26.3. The first-order valence-corrected chi connectivity index (χ1v) is 29.2. The third kappa shape index (κ3) is 11.9. The Kier molecular flexibility index (Phi) is 18.0. The van der Waals surface area contributed by atoms with Gasteiger partial charge in [0.1, 0.15) is 24.2 Å². The quantitative estimate of drug-likeness (QED) is 0.0706. The van der Waals surface area contributed by atoms with Gasteiger partial charge in [-0.1, -0.05) is 114 Å². The zero-order chi connectivity index (χ0) is 51.5. The van der Waals surface area contributed by atoms with Crippen molar-refractivity contribution >= 4 is 81.6 Å². The molecule has 6 N–H and O–H groups in total. The SMILES string of the molecule is CN[C@@H](C)C(=S)N[C@@H]1CCSC2CC(C)(C)[C@H](C(=O)N[C@@H]3c4ccccc4C[C@@H]3OCCCCCCO[C@@H]3Cc4ccccc4[C@@H]3NC(=O)[C@H]3N4C(=O)[C@@H](NC(=S)[C@@H](C)NC)CCSC4CC3(C)C)N2C1=O. The van der Waals surface area contributed by atoms with Crippen molar-refractivity contribution < 1.29 is 28.7 Å². The lowest BCUT2D eigenvalue weighted by molar-refractivity contribution is -0.143. The molecular formula is C54H78N8O6S4. The number of ether oxygens (including phenoxy) is 2. The van der Waals surface area contributed by atoms with Crippen LogP contribution in [0, 0.1) is 10.8 Å². The van der Waals surface area contributed by atoms with E-state index >= 15 is 0 Å². The highest BCUT2D eigenvalue weighted by molar-refractivity contribution is 8.00. The first kappa shape index (κ1) is 54.9. The van der Waals surface area contributed by atoms with Gasteiger partial charge in [-0.15, -0.1) is 23.5 Å². The van der Waals surface area contributed by atoms with E-state index in [4.69, 9.17) is 33.9 Å². The highest BCUT2D eigenvalue weighted by atomic mass is 32.2. The monoisotopic (exact) mass is 1060 g/mol. The fourth-order valence-electron chi connectivity index (χ4n) is 11.8. The van der Waals surface area contributed by atoms with Crippen LogP contribution in [0.25, 0.3) is 0 Å². The standard InChI is InChI=1S/C54H78N8O6S4/c1-31(55-7)49(69)57-37-21-25-71-41-29-53(3,4)45(61(41)51(37)65)47(63)59-43-35-19-13-11-17-33(35)27-39(43)67-23-15-9-10-16-24-68-40-28-34-18-12-14-20-36(34)44(40)60-48(64)46-54(5,6)30-42-62(46)52(66)38(22-26-72-42)58-50(70)32(2)56-8/h11-14,17-20,31-32,37-46,55-56H,9-10,15-16,21-30H2,1-8H3,(H,57,69)(H,58,70)(H,59,63)(H,60,64)/t31-,32+,37+,38-,39-,40+,41?,42?,43+,44-,45-,46+. The molecule has 8 rings (SSSR count). The minimum Gasteiger partial charge on any atom is -0.375 e. The van der Waals surface area contributed by atoms with E-state index in [1.165, 1.54) is 11.1 Å². The summed E-state index contributed by atoms with van der Waals surface area (Å²) in [6.07, 6.45) is 7.35. The number of hydrogen-bond acceptors (Lipinski definition) is 12. The average molecular weight is 1060 g/mol. The second kappa shape index (κ2) is 23.7. The molecular weight excluding hydrogens is 985 g/mol. The van der Waals surface area contributed by atoms with Gasteiger partial charge in [0.15, 0.2) is 0 Å². The second-order valence-corrected chi connectivity index (χ2v) is 25.5. The Morgan fingerprint density at radius 3 is 1.42 bits per heavy atom. The van der Waals surface area contributed by atoms with Gasteiger partial charge in [-0.25, -0.2) is 0 Å². The van der Waals surface area contributed by atoms with Crippen LogP contribution in [0.2, 0.25) is 0 Å². The van der Waals surface area contributed by atoms with E-state index in [-0.39, 0.29) is 70.8 Å². The normalized spacial score (nSPS) is 30.0. The summed E-state index contributed by atoms with van der Waals surface area (Å²) in [5, 5.41) is 19.6. The predicted molar refractivity (Wildman–Crippen MR) is 296 cm³/mol. The summed E-state index contributed by atoms with van der Waals surface area (Å²) in [6.45, 7) is 13.5. The maximum absolute atomic E-state index is 14.6. The molecule has 2 unspecified atom stereocenters. The van der Waals surface area contributed by atoms with Crippen LogP contribution in [0.15, 0.2) is 48.5 Å². The van der Waals surface area contributed by atoms with Crippen molar-refractivity contribution in [3.05, 3.63) is 70.8 Å². The van der Waals surface area contributed by atoms with Crippen LogP contribution in [-0.4, -0.2) is 141 Å². The van der Waals surface area contributed by atoms with Gasteiger partial charge in [-0.05, 0) is 111 Å². The topological polar surface area (TPSA) is 165 Å². The number of hydrogen-bond donors (Lipinski definition) is 6. The Bertz CT molecular complexity index is 2160. The van der Waals surface area contributed by atoms with Gasteiger partial charge >= 0.3 is 0 Å². The molecule has 394 valence electrons. The molecule has 6 aliphatic rings. The van der Waals surface area contributed by atoms with E-state index in [1.807, 2.05) is 62.0 Å². The third-order valence-electron chi connectivity index (χ3n) is 16.0. The van der Waals surface area contributed by atoms with Crippen LogP contribution in [-0.2, 0) is 41.5 Å². The number of benzene rings is 2. The fraction of sp³-hybridized carbons (Fsp3) is 0.667. The summed E-state index contributed by atoms with van der Waals surface area (Å²) in [6, 6.07) is 13.4. The maximum Gasteiger partial charge on any atom is 0.246 e. The van der Waals surface area contributed by atoms with Crippen molar-refractivity contribution in [2.75, 3.05) is 38.8 Å². The second-order valence-electron chi connectivity index (χ2n) is 22.1. The molecule has 4 amide bonds. The Morgan fingerprint density at radius 1 is 0.639 bits per heavy atom. The number of carbonyl (C=O) groups excluding carboxylic acids is 4. The van der Waals surface area contributed by atoms with E-state index in [0.29, 0.717) is 48.9 Å². The Labute approximate surface area is 446 Å². The van der Waals surface area contributed by atoms with Gasteiger partial charge in [0.2, 0.25) is 23.6 Å². The number of nitrogens with one attached hydrogen (secondary N) is 6. The summed E-state index contributed by atoms with van der Waals surface area (Å²) in [5.41, 5.74) is 3.61. The molecule has 0 aromatic heterocycles. The molecule has 0 spiro atoms. The molecule has 72 heavy (non-hydrogen) atoms. The molecule has 18 heteroatoms. The maximum atomic E-state index is 14.6. The minimum absolute atomic E-state index is 0.0671. The molecule has 4 saturated heterocycles. The van der Waals surface area contributed by atoms with Crippen LogP contribution >= 0.6 is 48.0 Å². The van der Waals surface area contributed by atoms with Crippen molar-refractivity contribution in [3.8, 4) is 0 Å². The van der Waals surface area contributed by atoms with Gasteiger partial charge in [-0.2, -0.15) is 0 Å². The minimum atomic E-state index is -0.634. The van der Waals surface area contributed by atoms with Gasteiger partial charge in [0, 0.05) is 26.1 Å². The molecule has 0 bridgehead atoms. The molecule has 0 saturated carbocycles. The zero-order valence-corrected chi connectivity index (χ0v) is 46.7. The molecule has 2 aromatic carbocycles. The molecule has 2 aliphatic carbocycles. The number of likely N-dealkylation sites (N-methyl/N-ethyl adjacent to an activating group) is 2. The number of fused-ring (bicyclic) bond motifs is 4. The van der Waals surface area contributed by atoms with Crippen LogP contribution in [0.4, 0.5) is 0 Å². The lowest BCUT2D eigenvalue weighted by Gasteiger charge is -2.35. The van der Waals surface area contributed by atoms with Gasteiger partial charge in [0.05, 0.1) is 57.1 Å². The van der Waals surface area contributed by atoms with Gasteiger partial charge < -0.3 is 51.2 Å². The Hall–Kier alpha value is -3.36. The highest BCUT2D eigenvalue weighted by Crippen LogP contribution is 2.48. The number of rotatable bonds is 19. The van der Waals surface area contributed by atoms with Crippen molar-refractivity contribution in [1.82, 2.24) is 41.7 Å². The van der Waals surface area contributed by atoms with Crippen LogP contribution in [0.1, 0.15) is 127 Å². The smallest absolute Gasteiger partial charge is 0.246 e. The highest BCUT2D eigenvalue weighted by Gasteiger charge is 2.57. The lowest BCUT2D eigenvalue weighted by atomic mass is 9.83. The predicted octanol–water partition coefficient (Wildman–Crippen LogP) is 6.11. The van der Waals surface area contributed by atoms with Crippen molar-refractivity contribution in [1.29, 1.82) is 0 Å². The number of nitrogens with zero attached hydrogens (tertiary/aromatic N) is 2. The summed E-state index contributed by atoms with van der Waals surface area (Å²) < 4.78 is 13.3. The number of carbonyl (C=O) groups is 4. The van der Waals surface area contributed by atoms with Crippen LogP contribution in [0.3, 0.4) is 0 Å². The largest absolute Gasteiger partial charge is 0.375 e. The van der Waals surface area contributed by atoms with Crippen molar-refractivity contribution in [2.45, 2.75) is 177 Å². The summed E-state index contributed by atoms with van der Waals surface area (Å²) in [5.74, 6) is 1.18. The third-order valence-corrected chi connectivity index (χ3v) is 19.5. The van der Waals surface area contributed by atoms with E-state index in [2.05, 4.69) is 83.9 Å². The average Bonchev–Trinajstić information content (AvgIpc) is 3.99. The molecule has 2 aromatic rings. The van der Waals surface area contributed by atoms with Gasteiger partial charge in [0.25, 0.3) is 0 Å².